The van der Waals surface area contributed by atoms with Crippen LogP contribution in [0.3, 0.4) is 0 Å². The number of rotatable bonds is 10. The monoisotopic (exact) mass is 752 g/mol. The average Bonchev–Trinajstić information content (AvgIpc) is 4.14. The molecule has 4 aromatic heterocycles. The molecule has 0 amide bonds. The van der Waals surface area contributed by atoms with Gasteiger partial charge in [0, 0.05) is 63.3 Å². The van der Waals surface area contributed by atoms with Crippen molar-refractivity contribution in [3.05, 3.63) is 181 Å². The van der Waals surface area contributed by atoms with E-state index in [4.69, 9.17) is 14.7 Å². The average molecular weight is 753 g/mol. The molecule has 0 aliphatic carbocycles. The molecular weight excluding hydrogens is 713 g/mol. The number of benzene rings is 4. The number of hydrogen-bond donors (Lipinski definition) is 2. The largest absolute Gasteiger partial charge is 0.494 e. The summed E-state index contributed by atoms with van der Waals surface area (Å²) in [6, 6.07) is 48.5. The van der Waals surface area contributed by atoms with Crippen LogP contribution in [0.5, 0.6) is 5.75 Å². The van der Waals surface area contributed by atoms with Crippen molar-refractivity contribution in [1.29, 1.82) is 0 Å². The van der Waals surface area contributed by atoms with Crippen LogP contribution in [0.15, 0.2) is 158 Å². The van der Waals surface area contributed by atoms with Crippen LogP contribution >= 0.6 is 0 Å². The number of hydrogen-bond acceptors (Lipinski definition) is 4. The predicted molar refractivity (Wildman–Crippen MR) is 238 cm³/mol. The minimum atomic E-state index is 0.650. The van der Waals surface area contributed by atoms with E-state index in [1.54, 1.807) is 0 Å². The highest BCUT2D eigenvalue weighted by Crippen LogP contribution is 2.38. The Morgan fingerprint density at radius 1 is 0.448 bits per heavy atom. The van der Waals surface area contributed by atoms with E-state index in [0.717, 1.165) is 114 Å². The molecular formula is C51H40N6O. The summed E-state index contributed by atoms with van der Waals surface area (Å²) in [7, 11) is 0. The van der Waals surface area contributed by atoms with Gasteiger partial charge < -0.3 is 19.3 Å². The van der Waals surface area contributed by atoms with E-state index >= 15 is 0 Å². The van der Waals surface area contributed by atoms with Crippen LogP contribution in [0.1, 0.15) is 35.6 Å². The molecule has 58 heavy (non-hydrogen) atoms. The van der Waals surface area contributed by atoms with Gasteiger partial charge in [-0.2, -0.15) is 0 Å². The lowest BCUT2D eigenvalue weighted by atomic mass is 10.0. The Morgan fingerprint density at radius 3 is 1.26 bits per heavy atom. The van der Waals surface area contributed by atoms with E-state index in [-0.39, 0.29) is 0 Å². The summed E-state index contributed by atoms with van der Waals surface area (Å²) in [5.74, 6) is 0.843. The molecule has 0 spiro atoms. The molecule has 8 bridgehead atoms. The van der Waals surface area contributed by atoms with Gasteiger partial charge in [-0.25, -0.2) is 15.0 Å². The second kappa shape index (κ2) is 15.6. The number of fused-ring (bicyclic) bond motifs is 8. The highest BCUT2D eigenvalue weighted by Gasteiger charge is 2.19. The fourth-order valence-electron chi connectivity index (χ4n) is 7.96. The summed E-state index contributed by atoms with van der Waals surface area (Å²) in [5.41, 5.74) is 15.8. The van der Waals surface area contributed by atoms with Crippen LogP contribution in [-0.4, -0.2) is 36.1 Å². The van der Waals surface area contributed by atoms with Gasteiger partial charge in [0.1, 0.15) is 5.75 Å². The van der Waals surface area contributed by atoms with E-state index in [1.807, 2.05) is 36.9 Å². The van der Waals surface area contributed by atoms with Crippen LogP contribution in [-0.2, 0) is 6.54 Å². The second-order valence-corrected chi connectivity index (χ2v) is 14.5. The minimum Gasteiger partial charge on any atom is -0.494 e. The molecule has 0 saturated carbocycles. The Kier molecular flexibility index (Phi) is 9.37. The second-order valence-electron chi connectivity index (χ2n) is 14.5. The van der Waals surface area contributed by atoms with Crippen molar-refractivity contribution >= 4 is 46.4 Å². The van der Waals surface area contributed by atoms with Gasteiger partial charge in [0.05, 0.1) is 35.7 Å². The minimum absolute atomic E-state index is 0.650. The molecule has 0 radical (unpaired) electrons. The summed E-state index contributed by atoms with van der Waals surface area (Å²) < 4.78 is 8.29. The Hall–Kier alpha value is -7.51. The lowest BCUT2D eigenvalue weighted by molar-refractivity contribution is 0.303. The molecule has 0 atom stereocenters. The lowest BCUT2D eigenvalue weighted by Gasteiger charge is -2.09. The van der Waals surface area contributed by atoms with E-state index in [0.29, 0.717) is 6.61 Å². The van der Waals surface area contributed by atoms with Crippen LogP contribution in [0.25, 0.3) is 90.9 Å². The van der Waals surface area contributed by atoms with E-state index in [9.17, 15) is 0 Å². The highest BCUT2D eigenvalue weighted by molar-refractivity contribution is 5.99. The summed E-state index contributed by atoms with van der Waals surface area (Å²) >= 11 is 0. The zero-order chi connectivity index (χ0) is 38.7. The zero-order valence-electron chi connectivity index (χ0n) is 31.8. The Bertz CT molecular complexity index is 2910. The molecule has 7 heteroatoms. The third-order valence-corrected chi connectivity index (χ3v) is 10.7. The molecule has 0 unspecified atom stereocenters. The predicted octanol–water partition coefficient (Wildman–Crippen LogP) is 12.4. The number of imidazole rings is 1. The number of ether oxygens (including phenoxy) is 1. The van der Waals surface area contributed by atoms with Gasteiger partial charge in [0.15, 0.2) is 0 Å². The number of aryl methyl sites for hydroxylation is 1. The maximum atomic E-state index is 6.20. The number of nitrogens with zero attached hydrogens (tertiary/aromatic N) is 4. The Morgan fingerprint density at radius 2 is 0.862 bits per heavy atom. The highest BCUT2D eigenvalue weighted by atomic mass is 16.5. The fourth-order valence-corrected chi connectivity index (χ4v) is 7.96. The lowest BCUT2D eigenvalue weighted by Crippen LogP contribution is -2.01. The van der Waals surface area contributed by atoms with Gasteiger partial charge in [0.25, 0.3) is 0 Å². The van der Waals surface area contributed by atoms with Crippen molar-refractivity contribution in [3.8, 4) is 50.3 Å². The molecule has 0 saturated heterocycles. The molecule has 0 fully saturated rings. The standard InChI is InChI=1S/C51H40N6O/c1-4-12-35(13-5-1)48-40-22-24-42(53-40)49(36-14-6-2-7-15-36)44-26-28-46(55-44)51(38-18-20-39(21-19-38)58-33-11-10-31-57-32-30-52-34-57)47-29-27-45(56-47)50(37-16-8-3-9-17-37)43-25-23-41(48)54-43/h1-9,12-30,32,34,53,56H,10-11,31,33H2. The first-order chi connectivity index (χ1) is 28.7. The van der Waals surface area contributed by atoms with Crippen molar-refractivity contribution in [2.45, 2.75) is 19.4 Å². The quantitative estimate of drug-likeness (QED) is 0.136. The van der Waals surface area contributed by atoms with Crippen molar-refractivity contribution in [2.75, 3.05) is 6.61 Å². The number of unbranched alkanes of at least 4 members (excludes halogenated alkanes) is 1. The molecule has 7 nitrogen and oxygen atoms in total. The maximum Gasteiger partial charge on any atom is 0.119 e. The maximum absolute atomic E-state index is 6.20. The first kappa shape index (κ1) is 34.9. The first-order valence-corrected chi connectivity index (χ1v) is 19.8. The number of aromatic amines is 2. The molecule has 10 rings (SSSR count). The summed E-state index contributed by atoms with van der Waals surface area (Å²) in [6.07, 6.45) is 16.2. The number of nitrogens with one attached hydrogen (secondary N) is 2. The molecule has 2 N–H and O–H groups in total. The van der Waals surface area contributed by atoms with Gasteiger partial charge in [0.2, 0.25) is 0 Å². The Balaban J connectivity index is 1.19. The molecule has 6 heterocycles. The van der Waals surface area contributed by atoms with Gasteiger partial charge in [-0.3, -0.25) is 0 Å². The van der Waals surface area contributed by atoms with Crippen molar-refractivity contribution < 1.29 is 4.74 Å². The van der Waals surface area contributed by atoms with E-state index < -0.39 is 0 Å². The van der Waals surface area contributed by atoms with Crippen LogP contribution < -0.4 is 4.74 Å². The number of H-pyrrole nitrogens is 2. The van der Waals surface area contributed by atoms with Crippen molar-refractivity contribution in [1.82, 2.24) is 29.5 Å². The SMILES string of the molecule is C1=Cc2nc1c(-c1ccccc1)c1ccc([nH]1)c(-c1ccccc1)c1nc(c(-c3ccc(OCCCCn4ccnc4)cc3)c3ccc([nH]3)c2-c2ccccc2)C=C1. The zero-order valence-corrected chi connectivity index (χ0v) is 31.8. The van der Waals surface area contributed by atoms with Crippen LogP contribution in [0.2, 0.25) is 0 Å². The van der Waals surface area contributed by atoms with E-state index in [2.05, 4.69) is 165 Å². The first-order valence-electron chi connectivity index (χ1n) is 19.8. The fraction of sp³-hybridized carbons (Fsp3) is 0.0784. The summed E-state index contributed by atoms with van der Waals surface area (Å²) in [5, 5.41) is 0. The van der Waals surface area contributed by atoms with Crippen molar-refractivity contribution in [3.63, 3.8) is 0 Å². The topological polar surface area (TPSA) is 84.4 Å². The van der Waals surface area contributed by atoms with Crippen molar-refractivity contribution in [2.24, 2.45) is 0 Å². The molecule has 2 aliphatic heterocycles. The number of aromatic nitrogens is 6. The molecule has 4 aromatic carbocycles. The third-order valence-electron chi connectivity index (χ3n) is 10.7. The molecule has 2 aliphatic rings. The summed E-state index contributed by atoms with van der Waals surface area (Å²) in [6.45, 7) is 1.58. The van der Waals surface area contributed by atoms with Gasteiger partial charge in [-0.15, -0.1) is 0 Å². The van der Waals surface area contributed by atoms with Gasteiger partial charge in [-0.05, 0) is 95.8 Å². The Labute approximate surface area is 336 Å². The normalized spacial score (nSPS) is 11.9. The molecule has 280 valence electrons. The van der Waals surface area contributed by atoms with Gasteiger partial charge in [-0.1, -0.05) is 103 Å². The molecule has 8 aromatic rings. The smallest absolute Gasteiger partial charge is 0.119 e. The third kappa shape index (κ3) is 6.94. The van der Waals surface area contributed by atoms with Crippen LogP contribution in [0.4, 0.5) is 0 Å². The van der Waals surface area contributed by atoms with E-state index in [1.165, 1.54) is 0 Å². The van der Waals surface area contributed by atoms with Gasteiger partial charge >= 0.3 is 0 Å². The summed E-state index contributed by atoms with van der Waals surface area (Å²) in [4.78, 5) is 22.6. The van der Waals surface area contributed by atoms with Crippen LogP contribution in [0, 0.1) is 0 Å².